The minimum absolute atomic E-state index is 0.00456. The monoisotopic (exact) mass is 409 g/mol. The lowest BCUT2D eigenvalue weighted by molar-refractivity contribution is -0.120. The molecule has 0 saturated carbocycles. The van der Waals surface area contributed by atoms with Crippen molar-refractivity contribution in [1.29, 1.82) is 0 Å². The summed E-state index contributed by atoms with van der Waals surface area (Å²) in [6, 6.07) is 15.4. The number of thioether (sulfide) groups is 1. The van der Waals surface area contributed by atoms with Gasteiger partial charge in [0.1, 0.15) is 0 Å². The molecule has 1 amide bonds. The number of benzene rings is 2. The van der Waals surface area contributed by atoms with Crippen LogP contribution in [0.25, 0.3) is 10.9 Å². The smallest absolute Gasteiger partial charge is 0.262 e. The molecule has 29 heavy (non-hydrogen) atoms. The van der Waals surface area contributed by atoms with Gasteiger partial charge in [0.05, 0.1) is 16.2 Å². The topological polar surface area (TPSA) is 64.0 Å². The highest BCUT2D eigenvalue weighted by Crippen LogP contribution is 2.26. The maximum Gasteiger partial charge on any atom is 0.262 e. The summed E-state index contributed by atoms with van der Waals surface area (Å²) >= 11 is 1.33. The van der Waals surface area contributed by atoms with E-state index in [0.717, 1.165) is 12.0 Å². The molecule has 0 aliphatic rings. The van der Waals surface area contributed by atoms with Crippen LogP contribution < -0.4 is 10.9 Å². The van der Waals surface area contributed by atoms with E-state index in [0.29, 0.717) is 22.6 Å². The molecule has 6 heteroatoms. The Kier molecular flexibility index (Phi) is 6.75. The Balaban J connectivity index is 1.81. The van der Waals surface area contributed by atoms with Crippen LogP contribution in [0.2, 0.25) is 0 Å². The summed E-state index contributed by atoms with van der Waals surface area (Å²) in [5.41, 5.74) is 2.85. The van der Waals surface area contributed by atoms with Crippen LogP contribution in [-0.4, -0.2) is 20.7 Å². The van der Waals surface area contributed by atoms with E-state index in [9.17, 15) is 9.59 Å². The van der Waals surface area contributed by atoms with Crippen molar-refractivity contribution in [3.63, 3.8) is 0 Å². The zero-order valence-electron chi connectivity index (χ0n) is 17.3. The Hall–Kier alpha value is -2.60. The lowest BCUT2D eigenvalue weighted by Crippen LogP contribution is -2.32. The van der Waals surface area contributed by atoms with Crippen LogP contribution in [0.4, 0.5) is 0 Å². The highest BCUT2D eigenvalue weighted by molar-refractivity contribution is 8.00. The number of carbonyl (C=O) groups is 1. The SMILES string of the molecule is CC[C@@H](C)n1c(S[C@H](C)C(=O)NCc2ccc(C)cc2)nc2ccccc2c1=O. The van der Waals surface area contributed by atoms with Gasteiger partial charge in [-0.25, -0.2) is 4.98 Å². The molecule has 0 saturated heterocycles. The number of para-hydroxylation sites is 1. The molecule has 3 aromatic rings. The van der Waals surface area contributed by atoms with Gasteiger partial charge in [-0.15, -0.1) is 0 Å². The van der Waals surface area contributed by atoms with Gasteiger partial charge < -0.3 is 5.32 Å². The molecule has 2 atom stereocenters. The third-order valence-electron chi connectivity index (χ3n) is 5.05. The van der Waals surface area contributed by atoms with E-state index < -0.39 is 0 Å². The second-order valence-corrected chi connectivity index (χ2v) is 8.62. The van der Waals surface area contributed by atoms with E-state index >= 15 is 0 Å². The maximum atomic E-state index is 13.0. The third kappa shape index (κ3) is 4.88. The molecule has 2 aromatic carbocycles. The number of carbonyl (C=O) groups excluding carboxylic acids is 1. The first-order chi connectivity index (χ1) is 13.9. The number of fused-ring (bicyclic) bond motifs is 1. The van der Waals surface area contributed by atoms with Crippen molar-refractivity contribution in [3.05, 3.63) is 70.0 Å². The van der Waals surface area contributed by atoms with Gasteiger partial charge in [0.15, 0.2) is 5.16 Å². The summed E-state index contributed by atoms with van der Waals surface area (Å²) in [6.45, 7) is 8.40. The predicted molar refractivity (Wildman–Crippen MR) is 119 cm³/mol. The average Bonchev–Trinajstić information content (AvgIpc) is 2.72. The van der Waals surface area contributed by atoms with Crippen molar-refractivity contribution in [2.45, 2.75) is 57.1 Å². The summed E-state index contributed by atoms with van der Waals surface area (Å²) in [4.78, 5) is 30.4. The van der Waals surface area contributed by atoms with Gasteiger partial charge in [-0.1, -0.05) is 60.6 Å². The predicted octanol–water partition coefficient (Wildman–Crippen LogP) is 4.47. The molecule has 0 fully saturated rings. The van der Waals surface area contributed by atoms with Crippen LogP contribution in [-0.2, 0) is 11.3 Å². The maximum absolute atomic E-state index is 13.0. The molecule has 152 valence electrons. The quantitative estimate of drug-likeness (QED) is 0.462. The Labute approximate surface area is 175 Å². The lowest BCUT2D eigenvalue weighted by Gasteiger charge is -2.20. The van der Waals surface area contributed by atoms with Gasteiger partial charge in [0, 0.05) is 12.6 Å². The minimum Gasteiger partial charge on any atom is -0.351 e. The van der Waals surface area contributed by atoms with Gasteiger partial charge in [-0.2, -0.15) is 0 Å². The summed E-state index contributed by atoms with van der Waals surface area (Å²) in [7, 11) is 0. The molecular weight excluding hydrogens is 382 g/mol. The number of rotatable bonds is 7. The van der Waals surface area contributed by atoms with Crippen LogP contribution in [0.3, 0.4) is 0 Å². The molecule has 3 rings (SSSR count). The first-order valence-electron chi connectivity index (χ1n) is 9.92. The van der Waals surface area contributed by atoms with E-state index in [-0.39, 0.29) is 22.8 Å². The van der Waals surface area contributed by atoms with Crippen molar-refractivity contribution in [1.82, 2.24) is 14.9 Å². The van der Waals surface area contributed by atoms with E-state index in [1.807, 2.05) is 70.2 Å². The van der Waals surface area contributed by atoms with Crippen LogP contribution in [0.5, 0.6) is 0 Å². The lowest BCUT2D eigenvalue weighted by atomic mass is 10.1. The summed E-state index contributed by atoms with van der Waals surface area (Å²) in [6.07, 6.45) is 0.807. The van der Waals surface area contributed by atoms with Gasteiger partial charge in [-0.05, 0) is 44.9 Å². The van der Waals surface area contributed by atoms with Crippen LogP contribution in [0, 0.1) is 6.92 Å². The molecule has 1 aromatic heterocycles. The first-order valence-corrected chi connectivity index (χ1v) is 10.8. The standard InChI is InChI=1S/C23H27N3O2S/c1-5-16(3)26-22(28)19-8-6-7-9-20(19)25-23(26)29-17(4)21(27)24-14-18-12-10-15(2)11-13-18/h6-13,16-17H,5,14H2,1-4H3,(H,24,27)/t16-,17-/m1/s1. The molecule has 1 heterocycles. The fourth-order valence-electron chi connectivity index (χ4n) is 3.03. The van der Waals surface area contributed by atoms with E-state index in [2.05, 4.69) is 5.32 Å². The largest absolute Gasteiger partial charge is 0.351 e. The van der Waals surface area contributed by atoms with E-state index in [1.165, 1.54) is 17.3 Å². The van der Waals surface area contributed by atoms with E-state index in [4.69, 9.17) is 4.98 Å². The number of hydrogen-bond acceptors (Lipinski definition) is 4. The van der Waals surface area contributed by atoms with Gasteiger partial charge in [-0.3, -0.25) is 14.2 Å². The minimum atomic E-state index is -0.371. The average molecular weight is 410 g/mol. The van der Waals surface area contributed by atoms with Crippen LogP contribution >= 0.6 is 11.8 Å². The molecule has 0 bridgehead atoms. The summed E-state index contributed by atoms with van der Waals surface area (Å²) in [5.74, 6) is -0.0753. The van der Waals surface area contributed by atoms with Crippen molar-refractivity contribution in [2.75, 3.05) is 0 Å². The number of hydrogen-bond donors (Lipinski definition) is 1. The Morgan fingerprint density at radius 2 is 1.83 bits per heavy atom. The molecular formula is C23H27N3O2S. The number of amides is 1. The Morgan fingerprint density at radius 1 is 1.14 bits per heavy atom. The fraction of sp³-hybridized carbons (Fsp3) is 0.348. The summed E-state index contributed by atoms with van der Waals surface area (Å²) < 4.78 is 1.72. The first kappa shape index (κ1) is 21.1. The number of nitrogens with zero attached hydrogens (tertiary/aromatic N) is 2. The molecule has 0 aliphatic carbocycles. The zero-order valence-corrected chi connectivity index (χ0v) is 18.1. The third-order valence-corrected chi connectivity index (χ3v) is 6.11. The summed E-state index contributed by atoms with van der Waals surface area (Å²) in [5, 5.41) is 3.80. The number of aromatic nitrogens is 2. The van der Waals surface area contributed by atoms with Crippen molar-refractivity contribution < 1.29 is 4.79 Å². The van der Waals surface area contributed by atoms with Gasteiger partial charge >= 0.3 is 0 Å². The number of nitrogens with one attached hydrogen (secondary N) is 1. The molecule has 0 spiro atoms. The van der Waals surface area contributed by atoms with Crippen LogP contribution in [0.15, 0.2) is 58.5 Å². The Bertz CT molecular complexity index is 1060. The van der Waals surface area contributed by atoms with Crippen molar-refractivity contribution in [3.8, 4) is 0 Å². The van der Waals surface area contributed by atoms with Gasteiger partial charge in [0.2, 0.25) is 5.91 Å². The van der Waals surface area contributed by atoms with Crippen molar-refractivity contribution >= 4 is 28.6 Å². The van der Waals surface area contributed by atoms with Gasteiger partial charge in [0.25, 0.3) is 5.56 Å². The highest BCUT2D eigenvalue weighted by Gasteiger charge is 2.21. The molecule has 1 N–H and O–H groups in total. The molecule has 5 nitrogen and oxygen atoms in total. The molecule has 0 aliphatic heterocycles. The fourth-order valence-corrected chi connectivity index (χ4v) is 4.06. The zero-order chi connectivity index (χ0) is 21.0. The normalized spacial score (nSPS) is 13.2. The second kappa shape index (κ2) is 9.27. The number of aryl methyl sites for hydroxylation is 1. The second-order valence-electron chi connectivity index (χ2n) is 7.31. The highest BCUT2D eigenvalue weighted by atomic mass is 32.2. The molecule has 0 radical (unpaired) electrons. The molecule has 0 unspecified atom stereocenters. The van der Waals surface area contributed by atoms with Crippen LogP contribution in [0.1, 0.15) is 44.4 Å². The van der Waals surface area contributed by atoms with Crippen molar-refractivity contribution in [2.24, 2.45) is 0 Å². The van der Waals surface area contributed by atoms with E-state index in [1.54, 1.807) is 10.6 Å². The Morgan fingerprint density at radius 3 is 2.52 bits per heavy atom.